The number of nitrogens with zero attached hydrogens (tertiary/aromatic N) is 2. The molecule has 152 valence electrons. The molecule has 0 spiro atoms. The maximum absolute atomic E-state index is 13.5. The Morgan fingerprint density at radius 1 is 0.966 bits per heavy atom. The lowest BCUT2D eigenvalue weighted by Gasteiger charge is -2.43. The molecule has 1 atom stereocenters. The van der Waals surface area contributed by atoms with E-state index in [9.17, 15) is 9.59 Å². The van der Waals surface area contributed by atoms with Gasteiger partial charge in [0, 0.05) is 17.6 Å². The lowest BCUT2D eigenvalue weighted by molar-refractivity contribution is -0.158. The first-order valence-electron chi connectivity index (χ1n) is 10.4. The monoisotopic (exact) mass is 410 g/mol. The van der Waals surface area contributed by atoms with Gasteiger partial charge in [0.05, 0.1) is 0 Å². The van der Waals surface area contributed by atoms with Crippen molar-refractivity contribution in [3.8, 4) is 0 Å². The number of amides is 2. The van der Waals surface area contributed by atoms with E-state index in [1.54, 1.807) is 4.90 Å². The number of piperazine rings is 1. The zero-order chi connectivity index (χ0) is 20.4. The van der Waals surface area contributed by atoms with Crippen molar-refractivity contribution in [2.45, 2.75) is 51.1 Å². The fourth-order valence-corrected chi connectivity index (χ4v) is 4.63. The first kappa shape index (κ1) is 20.0. The first-order chi connectivity index (χ1) is 14.0. The van der Waals surface area contributed by atoms with E-state index in [2.05, 4.69) is 0 Å². The number of aryl methyl sites for hydroxylation is 1. The molecule has 2 aromatic rings. The first-order valence-corrected chi connectivity index (χ1v) is 10.8. The SMILES string of the molecule is Cc1ccc([C@H]2C(=O)N(C3CCCC3)CC(=O)N2CCc2ccc(Cl)cc2)cc1. The molecule has 0 bridgehead atoms. The van der Waals surface area contributed by atoms with Gasteiger partial charge < -0.3 is 9.80 Å². The topological polar surface area (TPSA) is 40.6 Å². The fourth-order valence-electron chi connectivity index (χ4n) is 4.50. The zero-order valence-electron chi connectivity index (χ0n) is 16.8. The molecule has 1 saturated carbocycles. The van der Waals surface area contributed by atoms with Crippen LogP contribution in [0.4, 0.5) is 0 Å². The molecule has 0 N–H and O–H groups in total. The van der Waals surface area contributed by atoms with E-state index >= 15 is 0 Å². The summed E-state index contributed by atoms with van der Waals surface area (Å²) >= 11 is 5.98. The van der Waals surface area contributed by atoms with Gasteiger partial charge in [-0.1, -0.05) is 66.4 Å². The highest BCUT2D eigenvalue weighted by Gasteiger charge is 2.42. The van der Waals surface area contributed by atoms with Crippen molar-refractivity contribution in [2.24, 2.45) is 0 Å². The smallest absolute Gasteiger partial charge is 0.250 e. The van der Waals surface area contributed by atoms with Gasteiger partial charge in [0.1, 0.15) is 12.6 Å². The summed E-state index contributed by atoms with van der Waals surface area (Å²) in [5.74, 6) is 0.104. The van der Waals surface area contributed by atoms with Gasteiger partial charge in [-0.15, -0.1) is 0 Å². The molecule has 1 heterocycles. The Labute approximate surface area is 177 Å². The Kier molecular flexibility index (Phi) is 5.91. The molecule has 1 aliphatic heterocycles. The van der Waals surface area contributed by atoms with Crippen LogP contribution in [0.25, 0.3) is 0 Å². The zero-order valence-corrected chi connectivity index (χ0v) is 17.6. The van der Waals surface area contributed by atoms with Gasteiger partial charge in [0.2, 0.25) is 5.91 Å². The van der Waals surface area contributed by atoms with Crippen molar-refractivity contribution in [1.82, 2.24) is 9.80 Å². The van der Waals surface area contributed by atoms with E-state index in [0.29, 0.717) is 18.0 Å². The fraction of sp³-hybridized carbons (Fsp3) is 0.417. The predicted molar refractivity (Wildman–Crippen MR) is 115 cm³/mol. The quantitative estimate of drug-likeness (QED) is 0.725. The van der Waals surface area contributed by atoms with Crippen molar-refractivity contribution in [3.63, 3.8) is 0 Å². The summed E-state index contributed by atoms with van der Waals surface area (Å²) in [7, 11) is 0. The molecule has 0 unspecified atom stereocenters. The van der Waals surface area contributed by atoms with Crippen LogP contribution in [0.1, 0.15) is 48.4 Å². The molecule has 0 radical (unpaired) electrons. The lowest BCUT2D eigenvalue weighted by atomic mass is 9.97. The summed E-state index contributed by atoms with van der Waals surface area (Å²) < 4.78 is 0. The standard InChI is InChI=1S/C24H27ClN2O2/c1-17-6-10-19(11-7-17)23-24(29)27(21-4-2-3-5-21)16-22(28)26(23)15-14-18-8-12-20(25)13-9-18/h6-13,21,23H,2-5,14-16H2,1H3/t23-/m0/s1. The van der Waals surface area contributed by atoms with Crippen LogP contribution in [0.15, 0.2) is 48.5 Å². The minimum atomic E-state index is -0.537. The van der Waals surface area contributed by atoms with Crippen molar-refractivity contribution in [2.75, 3.05) is 13.1 Å². The minimum absolute atomic E-state index is 0.0380. The van der Waals surface area contributed by atoms with Crippen molar-refractivity contribution < 1.29 is 9.59 Å². The van der Waals surface area contributed by atoms with Crippen LogP contribution >= 0.6 is 11.6 Å². The maximum Gasteiger partial charge on any atom is 0.250 e. The highest BCUT2D eigenvalue weighted by atomic mass is 35.5. The minimum Gasteiger partial charge on any atom is -0.328 e. The highest BCUT2D eigenvalue weighted by Crippen LogP contribution is 2.33. The highest BCUT2D eigenvalue weighted by molar-refractivity contribution is 6.30. The molecule has 1 saturated heterocycles. The van der Waals surface area contributed by atoms with Crippen LogP contribution in [0.2, 0.25) is 5.02 Å². The third-order valence-electron chi connectivity index (χ3n) is 6.17. The molecule has 2 fully saturated rings. The van der Waals surface area contributed by atoms with E-state index in [1.165, 1.54) is 0 Å². The Hall–Kier alpha value is -2.33. The van der Waals surface area contributed by atoms with Gasteiger partial charge in [0.15, 0.2) is 0 Å². The number of halogens is 1. The molecule has 2 aromatic carbocycles. The lowest BCUT2D eigenvalue weighted by Crippen LogP contribution is -2.58. The second-order valence-corrected chi connectivity index (χ2v) is 8.62. The average molecular weight is 411 g/mol. The van der Waals surface area contributed by atoms with Crippen LogP contribution in [0.3, 0.4) is 0 Å². The predicted octanol–water partition coefficient (Wildman–Crippen LogP) is 4.55. The molecular formula is C24H27ClN2O2. The molecule has 4 rings (SSSR count). The molecular weight excluding hydrogens is 384 g/mol. The van der Waals surface area contributed by atoms with Gasteiger partial charge in [0.25, 0.3) is 5.91 Å². The summed E-state index contributed by atoms with van der Waals surface area (Å²) in [6, 6.07) is 15.3. The van der Waals surface area contributed by atoms with Crippen molar-refractivity contribution >= 4 is 23.4 Å². The summed E-state index contributed by atoms with van der Waals surface area (Å²) in [4.78, 5) is 30.3. The van der Waals surface area contributed by atoms with E-state index < -0.39 is 6.04 Å². The molecule has 0 aromatic heterocycles. The number of benzene rings is 2. The summed E-state index contributed by atoms with van der Waals surface area (Å²) in [6.45, 7) is 2.75. The molecule has 4 nitrogen and oxygen atoms in total. The second kappa shape index (κ2) is 8.58. The van der Waals surface area contributed by atoms with Gasteiger partial charge >= 0.3 is 0 Å². The average Bonchev–Trinajstić information content (AvgIpc) is 3.25. The van der Waals surface area contributed by atoms with E-state index in [0.717, 1.165) is 42.4 Å². The summed E-state index contributed by atoms with van der Waals surface area (Å²) in [6.07, 6.45) is 4.98. The second-order valence-electron chi connectivity index (χ2n) is 8.18. The Balaban J connectivity index is 1.60. The van der Waals surface area contributed by atoms with Gasteiger partial charge in [-0.3, -0.25) is 9.59 Å². The van der Waals surface area contributed by atoms with Crippen molar-refractivity contribution in [1.29, 1.82) is 0 Å². The van der Waals surface area contributed by atoms with Crippen molar-refractivity contribution in [3.05, 3.63) is 70.2 Å². The van der Waals surface area contributed by atoms with Gasteiger partial charge in [-0.05, 0) is 49.4 Å². The molecule has 29 heavy (non-hydrogen) atoms. The van der Waals surface area contributed by atoms with E-state index in [1.807, 2.05) is 60.4 Å². The number of carbonyl (C=O) groups excluding carboxylic acids is 2. The third-order valence-corrected chi connectivity index (χ3v) is 6.42. The van der Waals surface area contributed by atoms with Crippen LogP contribution in [-0.4, -0.2) is 40.7 Å². The Morgan fingerprint density at radius 2 is 1.62 bits per heavy atom. The molecule has 5 heteroatoms. The number of hydrogen-bond donors (Lipinski definition) is 0. The number of carbonyl (C=O) groups is 2. The third kappa shape index (κ3) is 4.32. The van der Waals surface area contributed by atoms with Crippen LogP contribution in [-0.2, 0) is 16.0 Å². The number of hydrogen-bond acceptors (Lipinski definition) is 2. The Morgan fingerprint density at radius 3 is 2.28 bits per heavy atom. The maximum atomic E-state index is 13.5. The summed E-state index contributed by atoms with van der Waals surface area (Å²) in [5, 5.41) is 0.697. The van der Waals surface area contributed by atoms with Crippen LogP contribution in [0, 0.1) is 6.92 Å². The molecule has 2 aliphatic rings. The van der Waals surface area contributed by atoms with Gasteiger partial charge in [-0.2, -0.15) is 0 Å². The van der Waals surface area contributed by atoms with E-state index in [-0.39, 0.29) is 24.4 Å². The Bertz CT molecular complexity index is 873. The largest absolute Gasteiger partial charge is 0.328 e. The number of rotatable bonds is 5. The normalized spacial score (nSPS) is 20.6. The van der Waals surface area contributed by atoms with Crippen LogP contribution in [0.5, 0.6) is 0 Å². The van der Waals surface area contributed by atoms with Gasteiger partial charge in [-0.25, -0.2) is 0 Å². The summed E-state index contributed by atoms with van der Waals surface area (Å²) in [5.41, 5.74) is 3.15. The molecule has 1 aliphatic carbocycles. The molecule has 2 amide bonds. The van der Waals surface area contributed by atoms with Crippen LogP contribution < -0.4 is 0 Å². The van der Waals surface area contributed by atoms with E-state index in [4.69, 9.17) is 11.6 Å².